The van der Waals surface area contributed by atoms with Crippen LogP contribution in [0, 0.1) is 5.92 Å². The van der Waals surface area contributed by atoms with Gasteiger partial charge in [0.25, 0.3) is 0 Å². The third kappa shape index (κ3) is 6.47. The topological polar surface area (TPSA) is 106 Å². The van der Waals surface area contributed by atoms with Gasteiger partial charge in [-0.05, 0) is 70.6 Å². The van der Waals surface area contributed by atoms with Crippen molar-refractivity contribution in [3.05, 3.63) is 6.33 Å². The number of anilines is 2. The first kappa shape index (κ1) is 25.7. The summed E-state index contributed by atoms with van der Waals surface area (Å²) in [7, 11) is 0. The lowest BCUT2D eigenvalue weighted by molar-refractivity contribution is 0.139. The minimum atomic E-state index is 0.333. The van der Waals surface area contributed by atoms with Crippen LogP contribution in [0.15, 0.2) is 6.33 Å². The molecule has 0 bridgehead atoms. The zero-order valence-electron chi connectivity index (χ0n) is 22.1. The molecule has 4 N–H and O–H groups in total. The van der Waals surface area contributed by atoms with E-state index in [1.165, 1.54) is 57.8 Å². The van der Waals surface area contributed by atoms with Gasteiger partial charge in [-0.15, -0.1) is 0 Å². The Morgan fingerprint density at radius 3 is 2.53 bits per heavy atom. The molecule has 0 amide bonds. The van der Waals surface area contributed by atoms with Gasteiger partial charge in [-0.1, -0.05) is 25.7 Å². The fourth-order valence-corrected chi connectivity index (χ4v) is 6.22. The normalized spacial score (nSPS) is 24.5. The van der Waals surface area contributed by atoms with Crippen molar-refractivity contribution >= 4 is 22.9 Å². The molecule has 0 radical (unpaired) electrons. The number of piperidine rings is 1. The van der Waals surface area contributed by atoms with Gasteiger partial charge in [0.1, 0.15) is 0 Å². The molecule has 200 valence electrons. The Hall–Kier alpha value is -1.97. The molecule has 5 rings (SSSR count). The predicted molar refractivity (Wildman–Crippen MR) is 145 cm³/mol. The largest absolute Gasteiger partial charge is 0.382 e. The zero-order valence-corrected chi connectivity index (χ0v) is 22.1. The Labute approximate surface area is 215 Å². The first-order valence-corrected chi connectivity index (χ1v) is 14.6. The van der Waals surface area contributed by atoms with Crippen molar-refractivity contribution in [1.29, 1.82) is 0 Å². The second kappa shape index (κ2) is 12.5. The van der Waals surface area contributed by atoms with Crippen molar-refractivity contribution in [3.63, 3.8) is 0 Å². The van der Waals surface area contributed by atoms with E-state index in [2.05, 4.69) is 27.2 Å². The monoisotopic (exact) mass is 498 g/mol. The van der Waals surface area contributed by atoms with Crippen LogP contribution in [0.3, 0.4) is 0 Å². The molecule has 3 fully saturated rings. The number of hydrogen-bond donors (Lipinski definition) is 3. The molecule has 36 heavy (non-hydrogen) atoms. The first-order valence-electron chi connectivity index (χ1n) is 14.6. The highest BCUT2D eigenvalue weighted by atomic mass is 16.5. The third-order valence-electron chi connectivity index (χ3n) is 8.48. The van der Waals surface area contributed by atoms with Crippen LogP contribution in [0.5, 0.6) is 0 Å². The van der Waals surface area contributed by atoms with Gasteiger partial charge in [-0.2, -0.15) is 9.97 Å². The number of nitrogens with zero attached hydrogens (tertiary/aromatic N) is 5. The molecule has 9 heteroatoms. The maximum atomic E-state index is 6.13. The van der Waals surface area contributed by atoms with Gasteiger partial charge in [0.05, 0.1) is 6.33 Å². The van der Waals surface area contributed by atoms with E-state index in [1.807, 2.05) is 6.33 Å². The summed E-state index contributed by atoms with van der Waals surface area (Å²) in [5.74, 6) is 2.36. The number of unbranched alkanes of at least 4 members (excludes halogenated alkanes) is 1. The highest BCUT2D eigenvalue weighted by Gasteiger charge is 2.25. The van der Waals surface area contributed by atoms with E-state index < -0.39 is 0 Å². The molecule has 0 aromatic carbocycles. The van der Waals surface area contributed by atoms with E-state index in [9.17, 15) is 0 Å². The van der Waals surface area contributed by atoms with Gasteiger partial charge < -0.3 is 25.8 Å². The molecule has 0 unspecified atom stereocenters. The van der Waals surface area contributed by atoms with Crippen molar-refractivity contribution in [2.24, 2.45) is 11.7 Å². The molecule has 0 spiro atoms. The number of hydrogen-bond acceptors (Lipinski definition) is 8. The molecule has 1 aliphatic heterocycles. The summed E-state index contributed by atoms with van der Waals surface area (Å²) in [6.07, 6.45) is 17.4. The number of imidazole rings is 1. The van der Waals surface area contributed by atoms with Gasteiger partial charge in [-0.25, -0.2) is 9.99 Å². The molecular formula is C27H46N8O. The van der Waals surface area contributed by atoms with Crippen LogP contribution >= 0.6 is 0 Å². The number of ether oxygens (including phenoxy) is 1. The van der Waals surface area contributed by atoms with Crippen molar-refractivity contribution in [2.75, 3.05) is 37.0 Å². The molecule has 0 atom stereocenters. The van der Waals surface area contributed by atoms with E-state index in [0.29, 0.717) is 18.1 Å². The van der Waals surface area contributed by atoms with Crippen molar-refractivity contribution in [1.82, 2.24) is 24.5 Å². The number of nitrogens with two attached hydrogens (primary N) is 1. The lowest BCUT2D eigenvalue weighted by Gasteiger charge is -2.32. The summed E-state index contributed by atoms with van der Waals surface area (Å²) in [6.45, 7) is 5.87. The second-order valence-corrected chi connectivity index (χ2v) is 11.1. The maximum Gasteiger partial charge on any atom is 0.227 e. The van der Waals surface area contributed by atoms with Crippen LogP contribution in [0.25, 0.3) is 11.2 Å². The maximum absolute atomic E-state index is 6.13. The number of nitrogens with one attached hydrogen (secondary N) is 2. The van der Waals surface area contributed by atoms with Crippen molar-refractivity contribution in [3.8, 4) is 0 Å². The Bertz CT molecular complexity index is 943. The summed E-state index contributed by atoms with van der Waals surface area (Å²) in [4.78, 5) is 14.7. The first-order chi connectivity index (χ1) is 17.7. The number of rotatable bonds is 11. The van der Waals surface area contributed by atoms with Gasteiger partial charge in [0.15, 0.2) is 17.0 Å². The smallest absolute Gasteiger partial charge is 0.227 e. The fourth-order valence-electron chi connectivity index (χ4n) is 6.22. The summed E-state index contributed by atoms with van der Waals surface area (Å²) < 4.78 is 7.79. The Morgan fingerprint density at radius 2 is 1.78 bits per heavy atom. The predicted octanol–water partition coefficient (Wildman–Crippen LogP) is 4.87. The average molecular weight is 499 g/mol. The molecule has 1 saturated heterocycles. The van der Waals surface area contributed by atoms with E-state index in [-0.39, 0.29) is 0 Å². The second-order valence-electron chi connectivity index (χ2n) is 11.1. The van der Waals surface area contributed by atoms with Crippen LogP contribution < -0.4 is 16.5 Å². The lowest BCUT2D eigenvalue weighted by atomic mass is 9.92. The SMILES string of the molecule is CCOCCCCC1CCN(Nc2nc(N[C@H]3CC[C@H](N)CC3)nc3c2ncn3C2CCCC2)CC1. The van der Waals surface area contributed by atoms with Gasteiger partial charge >= 0.3 is 0 Å². The lowest BCUT2D eigenvalue weighted by Crippen LogP contribution is -2.38. The fraction of sp³-hybridized carbons (Fsp3) is 0.815. The minimum absolute atomic E-state index is 0.333. The number of hydrazine groups is 1. The van der Waals surface area contributed by atoms with Crippen LogP contribution in [0.4, 0.5) is 11.8 Å². The molecule has 2 aliphatic carbocycles. The molecule has 2 aromatic rings. The van der Waals surface area contributed by atoms with Gasteiger partial charge in [0, 0.05) is 44.4 Å². The Morgan fingerprint density at radius 1 is 1.00 bits per heavy atom. The van der Waals surface area contributed by atoms with E-state index in [4.69, 9.17) is 25.4 Å². The van der Waals surface area contributed by atoms with Gasteiger partial charge in [0.2, 0.25) is 5.95 Å². The minimum Gasteiger partial charge on any atom is -0.382 e. The van der Waals surface area contributed by atoms with E-state index in [0.717, 1.165) is 80.8 Å². The van der Waals surface area contributed by atoms with E-state index >= 15 is 0 Å². The van der Waals surface area contributed by atoms with Crippen LogP contribution in [0.1, 0.15) is 96.4 Å². The quantitative estimate of drug-likeness (QED) is 0.377. The summed E-state index contributed by atoms with van der Waals surface area (Å²) in [5, 5.41) is 5.97. The van der Waals surface area contributed by atoms with E-state index in [1.54, 1.807) is 0 Å². The van der Waals surface area contributed by atoms with Crippen molar-refractivity contribution < 1.29 is 4.74 Å². The molecule has 3 aliphatic rings. The molecular weight excluding hydrogens is 452 g/mol. The zero-order chi connectivity index (χ0) is 24.7. The summed E-state index contributed by atoms with van der Waals surface area (Å²) in [5.41, 5.74) is 11.6. The average Bonchev–Trinajstić information content (AvgIpc) is 3.57. The highest BCUT2D eigenvalue weighted by Crippen LogP contribution is 2.34. The third-order valence-corrected chi connectivity index (χ3v) is 8.48. The molecule has 2 aromatic heterocycles. The molecule has 3 heterocycles. The Kier molecular flexibility index (Phi) is 8.93. The molecule has 9 nitrogen and oxygen atoms in total. The van der Waals surface area contributed by atoms with Crippen LogP contribution in [0.2, 0.25) is 0 Å². The Balaban J connectivity index is 1.26. The number of fused-ring (bicyclic) bond motifs is 1. The molecule has 2 saturated carbocycles. The van der Waals surface area contributed by atoms with Crippen molar-refractivity contribution in [2.45, 2.75) is 109 Å². The van der Waals surface area contributed by atoms with Crippen LogP contribution in [-0.4, -0.2) is 62.9 Å². The highest BCUT2D eigenvalue weighted by molar-refractivity contribution is 5.84. The summed E-state index contributed by atoms with van der Waals surface area (Å²) in [6, 6.07) is 1.22. The number of aromatic nitrogens is 4. The standard InChI is InChI=1S/C27H46N8O/c1-2-36-18-6-5-7-20-14-16-34(17-15-20)33-25-24-26(35(19-29-24)23-8-3-4-9-23)32-27(31-25)30-22-12-10-21(28)11-13-22/h19-23H,2-18,28H2,1H3,(H2,30,31,32,33)/t21-,22-. The van der Waals surface area contributed by atoms with Gasteiger partial charge in [-0.3, -0.25) is 0 Å². The van der Waals surface area contributed by atoms with Crippen LogP contribution in [-0.2, 0) is 4.74 Å². The summed E-state index contributed by atoms with van der Waals surface area (Å²) >= 11 is 0.